The van der Waals surface area contributed by atoms with Gasteiger partial charge in [-0.3, -0.25) is 0 Å². The van der Waals surface area contributed by atoms with Crippen LogP contribution in [0.25, 0.3) is 0 Å². The molecule has 102 valence electrons. The van der Waals surface area contributed by atoms with E-state index in [1.54, 1.807) is 0 Å². The summed E-state index contributed by atoms with van der Waals surface area (Å²) in [6, 6.07) is 2.21. The highest BCUT2D eigenvalue weighted by Crippen LogP contribution is 2.21. The van der Waals surface area contributed by atoms with Gasteiger partial charge >= 0.3 is 0 Å². The molecule has 2 heteroatoms. The summed E-state index contributed by atoms with van der Waals surface area (Å²) in [5, 5.41) is 8.46. The molecule has 1 saturated heterocycles. The van der Waals surface area contributed by atoms with Crippen LogP contribution in [-0.2, 0) is 0 Å². The molecule has 0 aromatic rings. The molecule has 0 N–H and O–H groups in total. The molecule has 0 spiro atoms. The average molecular weight is 240 g/mol. The van der Waals surface area contributed by atoms with Crippen molar-refractivity contribution in [1.29, 1.82) is 5.26 Å². The van der Waals surface area contributed by atoms with E-state index in [2.05, 4.69) is 17.9 Å². The largest absolute Gasteiger partial charge is 0.302 e. The molecule has 0 unspecified atom stereocenters. The molecule has 0 aromatic carbocycles. The quantitative estimate of drug-likeness (QED) is 0.725. The molecule has 1 aliphatic rings. The van der Waals surface area contributed by atoms with Crippen LogP contribution in [0.15, 0.2) is 0 Å². The molecule has 17 heavy (non-hydrogen) atoms. The van der Waals surface area contributed by atoms with Crippen LogP contribution in [0.3, 0.4) is 0 Å². The molecule has 1 aliphatic heterocycles. The Balaban J connectivity index is 0. The summed E-state index contributed by atoms with van der Waals surface area (Å²) >= 11 is 0. The van der Waals surface area contributed by atoms with E-state index >= 15 is 0 Å². The first-order valence-corrected chi connectivity index (χ1v) is 7.46. The van der Waals surface area contributed by atoms with Gasteiger partial charge in [0.2, 0.25) is 0 Å². The molecule has 0 atom stereocenters. The number of likely N-dealkylation sites (tertiary alicyclic amines) is 1. The summed E-state index contributed by atoms with van der Waals surface area (Å²) in [7, 11) is 0. The molecule has 1 rings (SSSR count). The third-order valence-corrected chi connectivity index (χ3v) is 2.94. The standard InChI is InChI=1S/C11H20N2.2C2H6/c1-2-4-11-5-9-13(10-6-11)8-3-7-12;2*1-2/h11H,2-6,8-10H2,1H3;2*1-2H3. The predicted octanol–water partition coefficient (Wildman–Crippen LogP) is 4.46. The van der Waals surface area contributed by atoms with Gasteiger partial charge in [0.25, 0.3) is 0 Å². The van der Waals surface area contributed by atoms with E-state index in [1.165, 1.54) is 38.8 Å². The van der Waals surface area contributed by atoms with Crippen LogP contribution in [0.5, 0.6) is 0 Å². The normalized spacial score (nSPS) is 16.0. The lowest BCUT2D eigenvalue weighted by Crippen LogP contribution is -2.34. The Kier molecular flexibility index (Phi) is 17.1. The smallest absolute Gasteiger partial charge is 0.0635 e. The van der Waals surface area contributed by atoms with Gasteiger partial charge in [-0.2, -0.15) is 5.26 Å². The Hall–Kier alpha value is -0.550. The monoisotopic (exact) mass is 240 g/mol. The second kappa shape index (κ2) is 15.4. The van der Waals surface area contributed by atoms with Crippen LogP contribution >= 0.6 is 0 Å². The minimum absolute atomic E-state index is 0.693. The Morgan fingerprint density at radius 2 is 1.65 bits per heavy atom. The van der Waals surface area contributed by atoms with Gasteiger partial charge in [0.1, 0.15) is 0 Å². The molecule has 2 nitrogen and oxygen atoms in total. The molecule has 0 saturated carbocycles. The number of piperidine rings is 1. The van der Waals surface area contributed by atoms with E-state index < -0.39 is 0 Å². The number of hydrogen-bond donors (Lipinski definition) is 0. The molecule has 0 bridgehead atoms. The molecule has 0 amide bonds. The lowest BCUT2D eigenvalue weighted by molar-refractivity contribution is 0.182. The number of nitriles is 1. The summed E-state index contributed by atoms with van der Waals surface area (Å²) in [6.07, 6.45) is 6.10. The first kappa shape index (κ1) is 18.8. The van der Waals surface area contributed by atoms with Crippen molar-refractivity contribution in [2.75, 3.05) is 19.6 Å². The summed E-state index contributed by atoms with van der Waals surface area (Å²) in [4.78, 5) is 2.43. The number of hydrogen-bond acceptors (Lipinski definition) is 2. The van der Waals surface area contributed by atoms with Crippen molar-refractivity contribution in [1.82, 2.24) is 4.90 Å². The molecular weight excluding hydrogens is 208 g/mol. The lowest BCUT2D eigenvalue weighted by atomic mass is 9.92. The first-order valence-electron chi connectivity index (χ1n) is 7.46. The fraction of sp³-hybridized carbons (Fsp3) is 0.933. The van der Waals surface area contributed by atoms with Gasteiger partial charge in [-0.25, -0.2) is 0 Å². The van der Waals surface area contributed by atoms with E-state index in [0.717, 1.165) is 12.5 Å². The second-order valence-corrected chi connectivity index (χ2v) is 3.98. The molecule has 0 aromatic heterocycles. The lowest BCUT2D eigenvalue weighted by Gasteiger charge is -2.31. The molecule has 1 fully saturated rings. The maximum atomic E-state index is 8.46. The van der Waals surface area contributed by atoms with Gasteiger partial charge in [0.05, 0.1) is 6.07 Å². The maximum Gasteiger partial charge on any atom is 0.0635 e. The summed E-state index contributed by atoms with van der Waals surface area (Å²) in [6.45, 7) is 13.7. The van der Waals surface area contributed by atoms with Crippen molar-refractivity contribution in [3.8, 4) is 6.07 Å². The third kappa shape index (κ3) is 10.3. The topological polar surface area (TPSA) is 27.0 Å². The van der Waals surface area contributed by atoms with Crippen LogP contribution in [0.4, 0.5) is 0 Å². The van der Waals surface area contributed by atoms with Gasteiger partial charge in [0, 0.05) is 13.0 Å². The summed E-state index contributed by atoms with van der Waals surface area (Å²) < 4.78 is 0. The third-order valence-electron chi connectivity index (χ3n) is 2.94. The zero-order chi connectivity index (χ0) is 13.5. The highest BCUT2D eigenvalue weighted by Gasteiger charge is 2.17. The van der Waals surface area contributed by atoms with Gasteiger partial charge in [-0.15, -0.1) is 0 Å². The van der Waals surface area contributed by atoms with Crippen molar-refractivity contribution >= 4 is 0 Å². The van der Waals surface area contributed by atoms with E-state index in [9.17, 15) is 0 Å². The zero-order valence-electron chi connectivity index (χ0n) is 12.6. The highest BCUT2D eigenvalue weighted by atomic mass is 15.1. The van der Waals surface area contributed by atoms with E-state index in [1.807, 2.05) is 27.7 Å². The molecule has 0 radical (unpaired) electrons. The average Bonchev–Trinajstić information content (AvgIpc) is 2.43. The first-order chi connectivity index (χ1) is 8.36. The zero-order valence-corrected chi connectivity index (χ0v) is 12.6. The fourth-order valence-electron chi connectivity index (χ4n) is 2.12. The minimum atomic E-state index is 0.693. The van der Waals surface area contributed by atoms with Gasteiger partial charge in [0.15, 0.2) is 0 Å². The van der Waals surface area contributed by atoms with E-state index in [4.69, 9.17) is 5.26 Å². The van der Waals surface area contributed by atoms with Crippen LogP contribution in [0.1, 0.15) is 66.7 Å². The Bertz CT molecular complexity index is 164. The second-order valence-electron chi connectivity index (χ2n) is 3.98. The number of nitrogens with zero attached hydrogens (tertiary/aromatic N) is 2. The summed E-state index contributed by atoms with van der Waals surface area (Å²) in [5.74, 6) is 0.961. The Labute approximate surface area is 109 Å². The van der Waals surface area contributed by atoms with E-state index in [-0.39, 0.29) is 0 Å². The van der Waals surface area contributed by atoms with E-state index in [0.29, 0.717) is 6.42 Å². The van der Waals surface area contributed by atoms with Crippen molar-refractivity contribution in [3.63, 3.8) is 0 Å². The van der Waals surface area contributed by atoms with Crippen LogP contribution in [0, 0.1) is 17.2 Å². The van der Waals surface area contributed by atoms with Crippen molar-refractivity contribution in [3.05, 3.63) is 0 Å². The predicted molar refractivity (Wildman–Crippen MR) is 77.0 cm³/mol. The van der Waals surface area contributed by atoms with Crippen LogP contribution < -0.4 is 0 Å². The Morgan fingerprint density at radius 3 is 2.06 bits per heavy atom. The van der Waals surface area contributed by atoms with Gasteiger partial charge < -0.3 is 4.90 Å². The van der Waals surface area contributed by atoms with Crippen LogP contribution in [0.2, 0.25) is 0 Å². The van der Waals surface area contributed by atoms with Crippen molar-refractivity contribution in [2.24, 2.45) is 5.92 Å². The number of rotatable bonds is 4. The van der Waals surface area contributed by atoms with Crippen molar-refractivity contribution < 1.29 is 0 Å². The highest BCUT2D eigenvalue weighted by molar-refractivity contribution is 4.76. The fourth-order valence-corrected chi connectivity index (χ4v) is 2.12. The van der Waals surface area contributed by atoms with Crippen LogP contribution in [-0.4, -0.2) is 24.5 Å². The van der Waals surface area contributed by atoms with Crippen molar-refractivity contribution in [2.45, 2.75) is 66.7 Å². The van der Waals surface area contributed by atoms with Gasteiger partial charge in [-0.1, -0.05) is 47.5 Å². The summed E-state index contributed by atoms with van der Waals surface area (Å²) in [5.41, 5.74) is 0. The molecular formula is C15H32N2. The minimum Gasteiger partial charge on any atom is -0.302 e. The maximum absolute atomic E-state index is 8.46. The SMILES string of the molecule is CC.CC.CCCC1CCN(CCC#N)CC1. The molecule has 0 aliphatic carbocycles. The molecule has 1 heterocycles. The van der Waals surface area contributed by atoms with Gasteiger partial charge in [-0.05, 0) is 31.8 Å². The Morgan fingerprint density at radius 1 is 1.12 bits per heavy atom.